The number of hydrogen-bond donors (Lipinski definition) is 2. The minimum atomic E-state index is -0.935. The van der Waals surface area contributed by atoms with Gasteiger partial charge in [0.05, 0.1) is 5.41 Å². The summed E-state index contributed by atoms with van der Waals surface area (Å²) in [5.74, 6) is -1.02. The zero-order valence-corrected chi connectivity index (χ0v) is 13.1. The number of aliphatic carboxylic acids is 1. The van der Waals surface area contributed by atoms with Gasteiger partial charge in [-0.05, 0) is 25.8 Å². The van der Waals surface area contributed by atoms with Gasteiger partial charge in [0.1, 0.15) is 5.58 Å². The maximum atomic E-state index is 12.3. The first-order valence-electron chi connectivity index (χ1n) is 7.45. The smallest absolute Gasteiger partial charge is 0.311 e. The number of carboxylic acid groups (broad SMARTS) is 1. The van der Waals surface area contributed by atoms with Crippen LogP contribution in [-0.2, 0) is 4.79 Å². The summed E-state index contributed by atoms with van der Waals surface area (Å²) in [6.45, 7) is 5.54. The Hall–Kier alpha value is -2.30. The van der Waals surface area contributed by atoms with E-state index >= 15 is 0 Å². The Bertz CT molecular complexity index is 698. The third-order valence-electron chi connectivity index (χ3n) is 4.44. The molecule has 0 aliphatic rings. The van der Waals surface area contributed by atoms with Crippen molar-refractivity contribution in [3.05, 3.63) is 35.6 Å². The topological polar surface area (TPSA) is 79.5 Å². The number of hydrogen-bond acceptors (Lipinski definition) is 3. The Morgan fingerprint density at radius 2 is 1.86 bits per heavy atom. The van der Waals surface area contributed by atoms with Crippen molar-refractivity contribution in [2.45, 2.75) is 33.6 Å². The van der Waals surface area contributed by atoms with E-state index in [1.165, 1.54) is 0 Å². The molecule has 0 saturated carbocycles. The maximum absolute atomic E-state index is 12.3. The lowest BCUT2D eigenvalue weighted by atomic mass is 9.82. The molecule has 0 radical (unpaired) electrons. The summed E-state index contributed by atoms with van der Waals surface area (Å²) in [5.41, 5.74) is 0.484. The van der Waals surface area contributed by atoms with E-state index in [0.717, 1.165) is 10.9 Å². The highest BCUT2D eigenvalue weighted by Crippen LogP contribution is 2.27. The summed E-state index contributed by atoms with van der Waals surface area (Å²) in [5, 5.41) is 13.0. The summed E-state index contributed by atoms with van der Waals surface area (Å²) in [4.78, 5) is 23.8. The van der Waals surface area contributed by atoms with Crippen molar-refractivity contribution in [1.29, 1.82) is 0 Å². The van der Waals surface area contributed by atoms with Gasteiger partial charge in [0, 0.05) is 17.5 Å². The second-order valence-electron chi connectivity index (χ2n) is 5.53. The van der Waals surface area contributed by atoms with E-state index in [0.29, 0.717) is 18.4 Å². The van der Waals surface area contributed by atoms with Crippen molar-refractivity contribution in [1.82, 2.24) is 5.32 Å². The van der Waals surface area contributed by atoms with E-state index in [-0.39, 0.29) is 18.2 Å². The molecular formula is C17H21NO4. The van der Waals surface area contributed by atoms with Crippen LogP contribution in [0.2, 0.25) is 0 Å². The van der Waals surface area contributed by atoms with Crippen molar-refractivity contribution in [2.24, 2.45) is 5.41 Å². The molecular weight excluding hydrogens is 282 g/mol. The Kier molecular flexibility index (Phi) is 4.54. The molecule has 0 unspecified atom stereocenters. The van der Waals surface area contributed by atoms with Gasteiger partial charge in [-0.3, -0.25) is 9.59 Å². The van der Waals surface area contributed by atoms with Crippen LogP contribution in [0.3, 0.4) is 0 Å². The quantitative estimate of drug-likeness (QED) is 0.857. The molecule has 0 fully saturated rings. The number of para-hydroxylation sites is 1. The molecule has 5 nitrogen and oxygen atoms in total. The predicted molar refractivity (Wildman–Crippen MR) is 83.9 cm³/mol. The zero-order valence-electron chi connectivity index (χ0n) is 13.1. The summed E-state index contributed by atoms with van der Waals surface area (Å²) in [6.07, 6.45) is 0.913. The average Bonchev–Trinajstić information content (AvgIpc) is 2.86. The van der Waals surface area contributed by atoms with Crippen molar-refractivity contribution >= 4 is 22.8 Å². The van der Waals surface area contributed by atoms with Gasteiger partial charge in [0.2, 0.25) is 0 Å². The monoisotopic (exact) mass is 303 g/mol. The van der Waals surface area contributed by atoms with Gasteiger partial charge >= 0.3 is 5.97 Å². The number of benzene rings is 1. The molecule has 2 N–H and O–H groups in total. The number of carboxylic acids is 1. The fourth-order valence-corrected chi connectivity index (χ4v) is 2.60. The number of fused-ring (bicyclic) bond motifs is 1. The second kappa shape index (κ2) is 6.22. The normalized spacial score (nSPS) is 11.6. The molecule has 2 rings (SSSR count). The number of aryl methyl sites for hydroxylation is 1. The van der Waals surface area contributed by atoms with Crippen LogP contribution in [0.4, 0.5) is 0 Å². The van der Waals surface area contributed by atoms with Crippen LogP contribution in [0.25, 0.3) is 11.0 Å². The third-order valence-corrected chi connectivity index (χ3v) is 4.44. The van der Waals surface area contributed by atoms with Gasteiger partial charge in [-0.25, -0.2) is 0 Å². The largest absolute Gasteiger partial charge is 0.481 e. The minimum absolute atomic E-state index is 0.0879. The number of rotatable bonds is 6. The molecule has 1 heterocycles. The second-order valence-corrected chi connectivity index (χ2v) is 5.53. The zero-order chi connectivity index (χ0) is 16.3. The van der Waals surface area contributed by atoms with E-state index < -0.39 is 11.4 Å². The molecule has 1 aromatic carbocycles. The van der Waals surface area contributed by atoms with Gasteiger partial charge < -0.3 is 14.8 Å². The standard InChI is InChI=1S/C17H21NO4/c1-4-17(5-2,16(20)21)10-18-15(19)14-11(3)12-8-6-7-9-13(12)22-14/h6-9H,4-5,10H2,1-3H3,(H,18,19)(H,20,21). The molecule has 0 spiro atoms. The van der Waals surface area contributed by atoms with Crippen LogP contribution in [0, 0.1) is 12.3 Å². The molecule has 0 aliphatic heterocycles. The molecule has 0 atom stereocenters. The van der Waals surface area contributed by atoms with Crippen LogP contribution in [0.15, 0.2) is 28.7 Å². The van der Waals surface area contributed by atoms with Gasteiger partial charge in [-0.2, -0.15) is 0 Å². The van der Waals surface area contributed by atoms with E-state index in [9.17, 15) is 14.7 Å². The first kappa shape index (κ1) is 16.1. The molecule has 22 heavy (non-hydrogen) atoms. The van der Waals surface area contributed by atoms with E-state index in [4.69, 9.17) is 4.42 Å². The van der Waals surface area contributed by atoms with Crippen molar-refractivity contribution in [3.8, 4) is 0 Å². The van der Waals surface area contributed by atoms with Crippen molar-refractivity contribution in [2.75, 3.05) is 6.54 Å². The first-order valence-corrected chi connectivity index (χ1v) is 7.45. The Morgan fingerprint density at radius 3 is 2.41 bits per heavy atom. The van der Waals surface area contributed by atoms with Crippen LogP contribution < -0.4 is 5.32 Å². The predicted octanol–water partition coefficient (Wildman–Crippen LogP) is 3.36. The molecule has 118 valence electrons. The Labute approximate surface area is 129 Å². The molecule has 0 aliphatic carbocycles. The molecule has 1 amide bonds. The first-order chi connectivity index (χ1) is 10.4. The van der Waals surface area contributed by atoms with Crippen molar-refractivity contribution in [3.63, 3.8) is 0 Å². The summed E-state index contributed by atoms with van der Waals surface area (Å²) >= 11 is 0. The van der Waals surface area contributed by atoms with Gasteiger partial charge in [-0.15, -0.1) is 0 Å². The maximum Gasteiger partial charge on any atom is 0.311 e. The van der Waals surface area contributed by atoms with Crippen LogP contribution in [0.1, 0.15) is 42.8 Å². The number of furan rings is 1. The summed E-state index contributed by atoms with van der Waals surface area (Å²) < 4.78 is 5.59. The lowest BCUT2D eigenvalue weighted by Crippen LogP contribution is -2.42. The molecule has 5 heteroatoms. The van der Waals surface area contributed by atoms with Gasteiger partial charge in [-0.1, -0.05) is 32.0 Å². The molecule has 1 aromatic heterocycles. The van der Waals surface area contributed by atoms with Gasteiger partial charge in [0.25, 0.3) is 5.91 Å². The van der Waals surface area contributed by atoms with E-state index in [2.05, 4.69) is 5.32 Å². The third kappa shape index (κ3) is 2.71. The highest BCUT2D eigenvalue weighted by atomic mass is 16.4. The lowest BCUT2D eigenvalue weighted by Gasteiger charge is -2.26. The molecule has 0 saturated heterocycles. The highest BCUT2D eigenvalue weighted by molar-refractivity contribution is 5.99. The average molecular weight is 303 g/mol. The van der Waals surface area contributed by atoms with Crippen LogP contribution in [0.5, 0.6) is 0 Å². The van der Waals surface area contributed by atoms with Crippen LogP contribution in [-0.4, -0.2) is 23.5 Å². The molecule has 2 aromatic rings. The Morgan fingerprint density at radius 1 is 1.23 bits per heavy atom. The SMILES string of the molecule is CCC(CC)(CNC(=O)c1oc2ccccc2c1C)C(=O)O. The number of carbonyl (C=O) groups excluding carboxylic acids is 1. The summed E-state index contributed by atoms with van der Waals surface area (Å²) in [7, 11) is 0. The number of amides is 1. The fourth-order valence-electron chi connectivity index (χ4n) is 2.60. The lowest BCUT2D eigenvalue weighted by molar-refractivity contribution is -0.149. The minimum Gasteiger partial charge on any atom is -0.481 e. The van der Waals surface area contributed by atoms with Crippen LogP contribution >= 0.6 is 0 Å². The van der Waals surface area contributed by atoms with E-state index in [1.807, 2.05) is 39.0 Å². The Balaban J connectivity index is 2.21. The number of carbonyl (C=O) groups is 2. The summed E-state index contributed by atoms with van der Waals surface area (Å²) in [6, 6.07) is 7.43. The van der Waals surface area contributed by atoms with Gasteiger partial charge in [0.15, 0.2) is 5.76 Å². The highest BCUT2D eigenvalue weighted by Gasteiger charge is 2.35. The van der Waals surface area contributed by atoms with Crippen molar-refractivity contribution < 1.29 is 19.1 Å². The fraction of sp³-hybridized carbons (Fsp3) is 0.412. The molecule has 0 bridgehead atoms. The van der Waals surface area contributed by atoms with E-state index in [1.54, 1.807) is 6.07 Å². The number of nitrogens with one attached hydrogen (secondary N) is 1.